The van der Waals surface area contributed by atoms with Gasteiger partial charge in [-0.3, -0.25) is 14.4 Å². The van der Waals surface area contributed by atoms with E-state index in [1.54, 1.807) is 11.1 Å². The van der Waals surface area contributed by atoms with Gasteiger partial charge in [-0.25, -0.2) is 9.97 Å². The van der Waals surface area contributed by atoms with Crippen molar-refractivity contribution in [3.63, 3.8) is 0 Å². The highest BCUT2D eigenvalue weighted by Gasteiger charge is 2.32. The number of amides is 3. The van der Waals surface area contributed by atoms with Gasteiger partial charge in [-0.15, -0.1) is 0 Å². The molecule has 6 rings (SSSR count). The molecular weight excluding hydrogens is 580 g/mol. The van der Waals surface area contributed by atoms with Crippen LogP contribution in [0.25, 0.3) is 0 Å². The zero-order valence-electron chi connectivity index (χ0n) is 26.9. The Morgan fingerprint density at radius 3 is 2.24 bits per heavy atom. The summed E-state index contributed by atoms with van der Waals surface area (Å²) in [7, 11) is 3.62. The molecule has 1 aliphatic carbocycles. The summed E-state index contributed by atoms with van der Waals surface area (Å²) in [5, 5.41) is 6.49. The number of piperidine rings is 2. The van der Waals surface area contributed by atoms with Gasteiger partial charge in [0.25, 0.3) is 11.8 Å². The molecule has 4 N–H and O–H groups in total. The maximum absolute atomic E-state index is 13.1. The highest BCUT2D eigenvalue weighted by atomic mass is 16.2. The number of rotatable bonds is 9. The minimum atomic E-state index is -0.669. The van der Waals surface area contributed by atoms with Crippen LogP contribution in [0, 0.1) is 5.92 Å². The average molecular weight is 625 g/mol. The molecule has 1 saturated carbocycles. The summed E-state index contributed by atoms with van der Waals surface area (Å²) in [6, 6.07) is 15.8. The van der Waals surface area contributed by atoms with Crippen molar-refractivity contribution in [1.82, 2.24) is 20.2 Å². The molecule has 2 aliphatic heterocycles. The van der Waals surface area contributed by atoms with Crippen LogP contribution < -0.4 is 26.2 Å². The van der Waals surface area contributed by atoms with E-state index >= 15 is 0 Å². The Bertz CT molecular complexity index is 1560. The minimum absolute atomic E-state index is 0.0403. The molecule has 3 aliphatic rings. The number of anilines is 4. The molecule has 0 radical (unpaired) electrons. The van der Waals surface area contributed by atoms with E-state index in [0.717, 1.165) is 56.7 Å². The smallest absolute Gasteiger partial charge is 0.271 e. The minimum Gasteiger partial charge on any atom is -0.371 e. The fourth-order valence-electron chi connectivity index (χ4n) is 6.66. The van der Waals surface area contributed by atoms with E-state index < -0.39 is 5.91 Å². The van der Waals surface area contributed by atoms with Crippen LogP contribution in [-0.2, 0) is 4.79 Å². The predicted octanol–water partition coefficient (Wildman–Crippen LogP) is 4.29. The second-order valence-corrected chi connectivity index (χ2v) is 13.0. The molecule has 1 aromatic heterocycles. The largest absolute Gasteiger partial charge is 0.371 e. The first-order valence-corrected chi connectivity index (χ1v) is 16.4. The van der Waals surface area contributed by atoms with Crippen LogP contribution in [0.4, 0.5) is 23.0 Å². The van der Waals surface area contributed by atoms with E-state index in [1.165, 1.54) is 18.4 Å². The normalized spacial score (nSPS) is 20.2. The van der Waals surface area contributed by atoms with Crippen molar-refractivity contribution < 1.29 is 14.4 Å². The second-order valence-electron chi connectivity index (χ2n) is 13.0. The molecule has 0 unspecified atom stereocenters. The second kappa shape index (κ2) is 13.4. The first-order valence-electron chi connectivity index (χ1n) is 16.4. The van der Waals surface area contributed by atoms with Crippen molar-refractivity contribution in [3.05, 3.63) is 71.5 Å². The molecule has 3 heterocycles. The summed E-state index contributed by atoms with van der Waals surface area (Å²) in [4.78, 5) is 53.1. The van der Waals surface area contributed by atoms with E-state index in [0.29, 0.717) is 17.3 Å². The van der Waals surface area contributed by atoms with Gasteiger partial charge in [0.15, 0.2) is 11.5 Å². The Balaban J connectivity index is 1.12. The van der Waals surface area contributed by atoms with Crippen molar-refractivity contribution >= 4 is 40.7 Å². The zero-order valence-corrected chi connectivity index (χ0v) is 26.9. The van der Waals surface area contributed by atoms with Crippen molar-refractivity contribution in [2.75, 3.05) is 48.8 Å². The lowest BCUT2D eigenvalue weighted by atomic mass is 9.95. The van der Waals surface area contributed by atoms with Crippen molar-refractivity contribution in [2.45, 2.75) is 63.5 Å². The summed E-state index contributed by atoms with van der Waals surface area (Å²) in [6.45, 7) is 4.46. The quantitative estimate of drug-likeness (QED) is 0.321. The molecule has 2 saturated heterocycles. The molecular formula is C35H44N8O3. The topological polar surface area (TPSA) is 137 Å². The summed E-state index contributed by atoms with van der Waals surface area (Å²) >= 11 is 0. The zero-order chi connectivity index (χ0) is 32.4. The summed E-state index contributed by atoms with van der Waals surface area (Å²) in [5.74, 6) is 1.07. The first-order chi connectivity index (χ1) is 22.2. The van der Waals surface area contributed by atoms with E-state index in [-0.39, 0.29) is 41.3 Å². The first kappa shape index (κ1) is 31.3. The molecule has 11 heteroatoms. The number of hydrogen-bond donors (Lipinski definition) is 3. The molecule has 0 bridgehead atoms. The Labute approximate surface area is 270 Å². The Morgan fingerprint density at radius 1 is 0.913 bits per heavy atom. The SMILES string of the molecule is C[C@@H]1[C@H](NC(=O)c2ccc(C3CC3)cc2)CCCN1c1cnc(C(N)=O)c(Nc2ccc(N3CCC(C(=O)N(C)C)CC3)cc2)n1. The summed E-state index contributed by atoms with van der Waals surface area (Å²) in [5.41, 5.74) is 9.54. The number of nitrogens with zero attached hydrogens (tertiary/aromatic N) is 5. The Hall–Kier alpha value is -4.67. The number of carbonyl (C=O) groups excluding carboxylic acids is 3. The van der Waals surface area contributed by atoms with Gasteiger partial charge in [-0.05, 0) is 93.3 Å². The Kier molecular flexibility index (Phi) is 9.10. The number of hydrogen-bond acceptors (Lipinski definition) is 8. The van der Waals surface area contributed by atoms with Crippen LogP contribution in [0.2, 0.25) is 0 Å². The molecule has 3 aromatic rings. The van der Waals surface area contributed by atoms with Gasteiger partial charge in [-0.2, -0.15) is 0 Å². The van der Waals surface area contributed by atoms with Crippen molar-refractivity contribution in [3.8, 4) is 0 Å². The van der Waals surface area contributed by atoms with Crippen molar-refractivity contribution in [2.24, 2.45) is 11.7 Å². The number of aromatic nitrogens is 2. The van der Waals surface area contributed by atoms with Crippen molar-refractivity contribution in [1.29, 1.82) is 0 Å². The summed E-state index contributed by atoms with van der Waals surface area (Å²) in [6.07, 6.45) is 7.43. The van der Waals surface area contributed by atoms with Crippen LogP contribution in [0.5, 0.6) is 0 Å². The maximum atomic E-state index is 13.1. The molecule has 0 spiro atoms. The number of carbonyl (C=O) groups is 3. The maximum Gasteiger partial charge on any atom is 0.271 e. The lowest BCUT2D eigenvalue weighted by Gasteiger charge is -2.40. The van der Waals surface area contributed by atoms with Crippen LogP contribution >= 0.6 is 0 Å². The van der Waals surface area contributed by atoms with Crippen LogP contribution in [-0.4, -0.2) is 78.4 Å². The van der Waals surface area contributed by atoms with E-state index in [9.17, 15) is 14.4 Å². The van der Waals surface area contributed by atoms with Gasteiger partial charge in [-0.1, -0.05) is 12.1 Å². The molecule has 2 atom stereocenters. The third-order valence-electron chi connectivity index (χ3n) is 9.59. The molecule has 11 nitrogen and oxygen atoms in total. The van der Waals surface area contributed by atoms with Crippen LogP contribution in [0.15, 0.2) is 54.7 Å². The van der Waals surface area contributed by atoms with Gasteiger partial charge < -0.3 is 31.1 Å². The summed E-state index contributed by atoms with van der Waals surface area (Å²) < 4.78 is 0. The highest BCUT2D eigenvalue weighted by molar-refractivity contribution is 5.96. The van der Waals surface area contributed by atoms with E-state index in [1.807, 2.05) is 50.5 Å². The standard InChI is InChI=1S/C35H44N8O3/c1-22-29(39-34(45)25-10-8-24(9-11-25)23-6-7-23)5-4-18-43(22)30-21-37-31(32(36)44)33(40-30)38-27-12-14-28(15-13-27)42-19-16-26(17-20-42)35(46)41(2)3/h8-15,21-23,26,29H,4-7,16-20H2,1-3H3,(H2,36,44)(H,38,40)(H,39,45)/t22-,29-/m1/s1. The van der Waals surface area contributed by atoms with E-state index in [2.05, 4.69) is 44.5 Å². The fourth-order valence-corrected chi connectivity index (χ4v) is 6.66. The van der Waals surface area contributed by atoms with Gasteiger partial charge in [0, 0.05) is 68.7 Å². The third-order valence-corrected chi connectivity index (χ3v) is 9.59. The van der Waals surface area contributed by atoms with Crippen LogP contribution in [0.1, 0.15) is 77.8 Å². The number of nitrogens with one attached hydrogen (secondary N) is 2. The molecule has 3 amide bonds. The molecule has 46 heavy (non-hydrogen) atoms. The number of benzene rings is 2. The lowest BCUT2D eigenvalue weighted by molar-refractivity contribution is -0.133. The highest BCUT2D eigenvalue weighted by Crippen LogP contribution is 2.40. The predicted molar refractivity (Wildman–Crippen MR) is 180 cm³/mol. The molecule has 3 fully saturated rings. The monoisotopic (exact) mass is 624 g/mol. The third kappa shape index (κ3) is 6.93. The number of primary amides is 1. The van der Waals surface area contributed by atoms with Gasteiger partial charge in [0.05, 0.1) is 6.20 Å². The average Bonchev–Trinajstić information content (AvgIpc) is 3.92. The van der Waals surface area contributed by atoms with Gasteiger partial charge in [0.2, 0.25) is 5.91 Å². The molecule has 242 valence electrons. The van der Waals surface area contributed by atoms with E-state index in [4.69, 9.17) is 10.7 Å². The molecule has 2 aromatic carbocycles. The van der Waals surface area contributed by atoms with Crippen LogP contribution in [0.3, 0.4) is 0 Å². The lowest BCUT2D eigenvalue weighted by Crippen LogP contribution is -2.54. The fraction of sp³-hybridized carbons (Fsp3) is 0.457. The van der Waals surface area contributed by atoms with Gasteiger partial charge in [0.1, 0.15) is 5.82 Å². The Morgan fingerprint density at radius 2 is 1.61 bits per heavy atom. The van der Waals surface area contributed by atoms with Gasteiger partial charge >= 0.3 is 0 Å². The number of nitrogens with two attached hydrogens (primary N) is 1.